The lowest BCUT2D eigenvalue weighted by atomic mass is 10.3. The molecule has 0 fully saturated rings. The molecule has 0 aliphatic heterocycles. The standard InChI is InChI=1S/C14H18N4O4S/c1-15-23(20,21)11-6-12(18(2)9-11)14(19)17-8-10-4-5-13(22-3)16-7-10/h4-7,9,15H,8H2,1-3H3,(H,17,19). The van der Waals surface area contributed by atoms with Gasteiger partial charge in [-0.25, -0.2) is 18.1 Å². The van der Waals surface area contributed by atoms with Gasteiger partial charge >= 0.3 is 0 Å². The third kappa shape index (κ3) is 3.88. The number of hydrogen-bond acceptors (Lipinski definition) is 5. The number of pyridine rings is 1. The van der Waals surface area contributed by atoms with Crippen LogP contribution in [0.25, 0.3) is 0 Å². The van der Waals surface area contributed by atoms with Crippen LogP contribution in [-0.2, 0) is 23.6 Å². The van der Waals surface area contributed by atoms with Gasteiger partial charge in [-0.3, -0.25) is 4.79 Å². The fourth-order valence-electron chi connectivity index (χ4n) is 1.93. The van der Waals surface area contributed by atoms with Crippen molar-refractivity contribution in [3.63, 3.8) is 0 Å². The summed E-state index contributed by atoms with van der Waals surface area (Å²) >= 11 is 0. The summed E-state index contributed by atoms with van der Waals surface area (Å²) in [6.07, 6.45) is 2.98. The molecular weight excluding hydrogens is 320 g/mol. The smallest absolute Gasteiger partial charge is 0.268 e. The quantitative estimate of drug-likeness (QED) is 0.787. The highest BCUT2D eigenvalue weighted by Crippen LogP contribution is 2.13. The van der Waals surface area contributed by atoms with Crippen molar-refractivity contribution in [2.24, 2.45) is 7.05 Å². The summed E-state index contributed by atoms with van der Waals surface area (Å²) in [5, 5.41) is 2.72. The summed E-state index contributed by atoms with van der Waals surface area (Å²) in [7, 11) is 0.869. The molecule has 0 spiro atoms. The molecule has 0 aliphatic carbocycles. The zero-order chi connectivity index (χ0) is 17.0. The predicted molar refractivity (Wildman–Crippen MR) is 83.6 cm³/mol. The van der Waals surface area contributed by atoms with Crippen molar-refractivity contribution in [1.29, 1.82) is 0 Å². The Kier molecular flexibility index (Phi) is 5.02. The number of carbonyl (C=O) groups excluding carboxylic acids is 1. The highest BCUT2D eigenvalue weighted by atomic mass is 32.2. The van der Waals surface area contributed by atoms with Gasteiger partial charge in [0.1, 0.15) is 10.6 Å². The van der Waals surface area contributed by atoms with E-state index in [1.807, 2.05) is 0 Å². The van der Waals surface area contributed by atoms with Crippen LogP contribution in [0.3, 0.4) is 0 Å². The number of amides is 1. The molecule has 2 N–H and O–H groups in total. The molecule has 2 rings (SSSR count). The van der Waals surface area contributed by atoms with Crippen molar-refractivity contribution in [2.45, 2.75) is 11.4 Å². The Labute approximate surface area is 134 Å². The number of nitrogens with one attached hydrogen (secondary N) is 2. The van der Waals surface area contributed by atoms with Crippen molar-refractivity contribution in [3.05, 3.63) is 41.9 Å². The molecule has 23 heavy (non-hydrogen) atoms. The molecule has 0 radical (unpaired) electrons. The number of nitrogens with zero attached hydrogens (tertiary/aromatic N) is 2. The van der Waals surface area contributed by atoms with Gasteiger partial charge in [-0.1, -0.05) is 6.07 Å². The fraction of sp³-hybridized carbons (Fsp3) is 0.286. The monoisotopic (exact) mass is 338 g/mol. The topological polar surface area (TPSA) is 102 Å². The molecule has 124 valence electrons. The number of sulfonamides is 1. The van der Waals surface area contributed by atoms with Crippen LogP contribution < -0.4 is 14.8 Å². The summed E-state index contributed by atoms with van der Waals surface area (Å²) in [5.41, 5.74) is 1.05. The maximum atomic E-state index is 12.2. The van der Waals surface area contributed by atoms with Crippen LogP contribution in [0.1, 0.15) is 16.1 Å². The van der Waals surface area contributed by atoms with Crippen molar-refractivity contribution in [1.82, 2.24) is 19.6 Å². The Morgan fingerprint density at radius 3 is 2.70 bits per heavy atom. The summed E-state index contributed by atoms with van der Waals surface area (Å²) in [5.74, 6) is 0.116. The highest BCUT2D eigenvalue weighted by molar-refractivity contribution is 7.89. The molecule has 9 heteroatoms. The summed E-state index contributed by atoms with van der Waals surface area (Å²) < 4.78 is 32.1. The average Bonchev–Trinajstić information content (AvgIpc) is 2.96. The van der Waals surface area contributed by atoms with E-state index in [0.29, 0.717) is 5.88 Å². The second kappa shape index (κ2) is 6.80. The van der Waals surface area contributed by atoms with Gasteiger partial charge in [0, 0.05) is 32.1 Å². The van der Waals surface area contributed by atoms with E-state index in [1.54, 1.807) is 25.4 Å². The van der Waals surface area contributed by atoms with Crippen LogP contribution in [-0.4, -0.2) is 38.0 Å². The molecule has 0 saturated carbocycles. The number of ether oxygens (including phenoxy) is 1. The van der Waals surface area contributed by atoms with Crippen LogP contribution >= 0.6 is 0 Å². The number of carbonyl (C=O) groups is 1. The largest absolute Gasteiger partial charge is 0.481 e. The van der Waals surface area contributed by atoms with E-state index < -0.39 is 10.0 Å². The molecule has 8 nitrogen and oxygen atoms in total. The maximum Gasteiger partial charge on any atom is 0.268 e. The molecule has 0 unspecified atom stereocenters. The van der Waals surface area contributed by atoms with Gasteiger partial charge in [-0.05, 0) is 18.7 Å². The minimum absolute atomic E-state index is 0.0405. The Bertz CT molecular complexity index is 797. The fourth-order valence-corrected chi connectivity index (χ4v) is 2.73. The van der Waals surface area contributed by atoms with E-state index in [9.17, 15) is 13.2 Å². The van der Waals surface area contributed by atoms with Crippen molar-refractivity contribution in [3.8, 4) is 5.88 Å². The number of rotatable bonds is 6. The molecule has 0 saturated heterocycles. The Hall–Kier alpha value is -2.39. The van der Waals surface area contributed by atoms with Crippen LogP contribution in [0.2, 0.25) is 0 Å². The third-order valence-electron chi connectivity index (χ3n) is 3.25. The SMILES string of the molecule is CNS(=O)(=O)c1cc(C(=O)NCc2ccc(OC)nc2)n(C)c1. The first-order valence-corrected chi connectivity index (χ1v) is 8.22. The van der Waals surface area contributed by atoms with E-state index in [1.165, 1.54) is 31.0 Å². The molecular formula is C14H18N4O4S. The van der Waals surface area contributed by atoms with E-state index in [4.69, 9.17) is 4.74 Å². The summed E-state index contributed by atoms with van der Waals surface area (Å²) in [4.78, 5) is 16.3. The zero-order valence-electron chi connectivity index (χ0n) is 13.0. The molecule has 2 aromatic rings. The van der Waals surface area contributed by atoms with Crippen molar-refractivity contribution in [2.75, 3.05) is 14.2 Å². The second-order valence-electron chi connectivity index (χ2n) is 4.77. The summed E-state index contributed by atoms with van der Waals surface area (Å²) in [6.45, 7) is 0.273. The maximum absolute atomic E-state index is 12.2. The molecule has 2 aromatic heterocycles. The van der Waals surface area contributed by atoms with E-state index in [0.717, 1.165) is 5.56 Å². The van der Waals surface area contributed by atoms with Gasteiger partial charge in [0.05, 0.1) is 7.11 Å². The van der Waals surface area contributed by atoms with Gasteiger partial charge in [0.15, 0.2) is 0 Å². The normalized spacial score (nSPS) is 11.3. The first-order valence-electron chi connectivity index (χ1n) is 6.74. The Morgan fingerprint density at radius 1 is 1.39 bits per heavy atom. The average molecular weight is 338 g/mol. The molecule has 0 aliphatic rings. The van der Waals surface area contributed by atoms with Crippen LogP contribution in [0.4, 0.5) is 0 Å². The lowest BCUT2D eigenvalue weighted by Gasteiger charge is -2.06. The predicted octanol–water partition coefficient (Wildman–Crippen LogP) is 0.267. The number of aryl methyl sites for hydroxylation is 1. The van der Waals surface area contributed by atoms with E-state index >= 15 is 0 Å². The van der Waals surface area contributed by atoms with Crippen LogP contribution in [0, 0.1) is 0 Å². The van der Waals surface area contributed by atoms with Gasteiger partial charge < -0.3 is 14.6 Å². The highest BCUT2D eigenvalue weighted by Gasteiger charge is 2.18. The Balaban J connectivity index is 2.08. The minimum Gasteiger partial charge on any atom is -0.481 e. The number of aromatic nitrogens is 2. The van der Waals surface area contributed by atoms with Crippen LogP contribution in [0.15, 0.2) is 35.5 Å². The Morgan fingerprint density at radius 2 is 2.13 bits per heavy atom. The van der Waals surface area contributed by atoms with Gasteiger partial charge in [0.25, 0.3) is 5.91 Å². The third-order valence-corrected chi connectivity index (χ3v) is 4.63. The van der Waals surface area contributed by atoms with Crippen LogP contribution in [0.5, 0.6) is 5.88 Å². The first kappa shape index (κ1) is 17.0. The molecule has 0 atom stereocenters. The lowest BCUT2D eigenvalue weighted by Crippen LogP contribution is -2.24. The minimum atomic E-state index is -3.58. The van der Waals surface area contributed by atoms with Crippen molar-refractivity contribution >= 4 is 15.9 Å². The molecule has 0 bridgehead atoms. The lowest BCUT2D eigenvalue weighted by molar-refractivity contribution is 0.0942. The number of hydrogen-bond donors (Lipinski definition) is 2. The van der Waals surface area contributed by atoms with Crippen molar-refractivity contribution < 1.29 is 17.9 Å². The molecule has 0 aromatic carbocycles. The second-order valence-corrected chi connectivity index (χ2v) is 6.66. The molecule has 1 amide bonds. The zero-order valence-corrected chi connectivity index (χ0v) is 13.8. The first-order chi connectivity index (χ1) is 10.9. The van der Waals surface area contributed by atoms with Gasteiger partial charge in [-0.15, -0.1) is 0 Å². The van der Waals surface area contributed by atoms with Gasteiger partial charge in [0.2, 0.25) is 15.9 Å². The summed E-state index contributed by atoms with van der Waals surface area (Å²) in [6, 6.07) is 4.81. The molecule has 2 heterocycles. The van der Waals surface area contributed by atoms with E-state index in [2.05, 4.69) is 15.0 Å². The van der Waals surface area contributed by atoms with E-state index in [-0.39, 0.29) is 23.0 Å². The van der Waals surface area contributed by atoms with Gasteiger partial charge in [-0.2, -0.15) is 0 Å². The number of methoxy groups -OCH3 is 1.